The molecule has 0 radical (unpaired) electrons. The Hall–Kier alpha value is -1.94. The summed E-state index contributed by atoms with van der Waals surface area (Å²) in [5.74, 6) is 0.412. The minimum absolute atomic E-state index is 0.106. The topological polar surface area (TPSA) is 237 Å². The Morgan fingerprint density at radius 2 is 0.444 bits per heavy atom. The van der Waals surface area contributed by atoms with Crippen LogP contribution in [0, 0.1) is 17.8 Å². The average Bonchev–Trinajstić information content (AvgIpc) is 0.904. The quantitative estimate of drug-likeness (QED) is 0.0222. The first-order chi connectivity index (χ1) is 52.3. The molecule has 0 heterocycles. The first kappa shape index (κ1) is 106. The van der Waals surface area contributed by atoms with Crippen LogP contribution in [-0.2, 0) is 65.4 Å². The summed E-state index contributed by atoms with van der Waals surface area (Å²) >= 11 is 0. The van der Waals surface area contributed by atoms with Crippen LogP contribution in [0.2, 0.25) is 0 Å². The number of phosphoric acid groups is 2. The van der Waals surface area contributed by atoms with Crippen LogP contribution in [0.25, 0.3) is 0 Å². The summed E-state index contributed by atoms with van der Waals surface area (Å²) in [7, 11) is -9.93. The molecule has 0 saturated heterocycles. The van der Waals surface area contributed by atoms with E-state index in [1.807, 2.05) is 0 Å². The van der Waals surface area contributed by atoms with E-state index in [4.69, 9.17) is 37.0 Å². The molecule has 0 rings (SSSR count). The van der Waals surface area contributed by atoms with E-state index in [0.717, 1.165) is 108 Å². The summed E-state index contributed by atoms with van der Waals surface area (Å²) in [5, 5.41) is 10.7. The molecule has 0 aromatic carbocycles. The molecule has 0 amide bonds. The Bertz CT molecular complexity index is 2080. The van der Waals surface area contributed by atoms with Crippen molar-refractivity contribution in [1.29, 1.82) is 0 Å². The number of hydrogen-bond donors (Lipinski definition) is 3. The third kappa shape index (κ3) is 78.0. The number of aliphatic hydroxyl groups is 1. The normalized spacial score (nSPS) is 14.6. The fourth-order valence-corrected chi connectivity index (χ4v) is 15.4. The lowest BCUT2D eigenvalue weighted by Crippen LogP contribution is -2.30. The Morgan fingerprint density at radius 3 is 0.657 bits per heavy atom. The fourth-order valence-electron chi connectivity index (χ4n) is 13.8. The summed E-state index contributed by atoms with van der Waals surface area (Å²) < 4.78 is 69.0. The second-order valence-corrected chi connectivity index (χ2v) is 35.6. The smallest absolute Gasteiger partial charge is 0.462 e. The predicted octanol–water partition coefficient (Wildman–Crippen LogP) is 27.3. The van der Waals surface area contributed by atoms with Crippen molar-refractivity contribution in [3.8, 4) is 0 Å². The molecule has 0 aliphatic rings. The van der Waals surface area contributed by atoms with Crippen LogP contribution >= 0.6 is 15.6 Å². The van der Waals surface area contributed by atoms with Gasteiger partial charge in [-0.15, -0.1) is 0 Å². The molecule has 0 aromatic heterocycles. The molecule has 8 atom stereocenters. The predicted molar refractivity (Wildman–Crippen MR) is 446 cm³/mol. The highest BCUT2D eigenvalue weighted by molar-refractivity contribution is 7.47. The monoisotopic (exact) mass is 1580 g/mol. The zero-order chi connectivity index (χ0) is 79.3. The molecule has 0 aliphatic carbocycles. The van der Waals surface area contributed by atoms with Gasteiger partial charge in [0.2, 0.25) is 0 Å². The molecular weight excluding hydrogens is 1400 g/mol. The van der Waals surface area contributed by atoms with E-state index in [-0.39, 0.29) is 25.7 Å². The van der Waals surface area contributed by atoms with Crippen molar-refractivity contribution in [2.75, 3.05) is 39.6 Å². The van der Waals surface area contributed by atoms with E-state index in [0.29, 0.717) is 25.7 Å². The number of hydrogen-bond acceptors (Lipinski definition) is 15. The molecule has 0 aromatic rings. The van der Waals surface area contributed by atoms with Crippen molar-refractivity contribution in [1.82, 2.24) is 0 Å². The van der Waals surface area contributed by atoms with E-state index < -0.39 is 97.5 Å². The Labute approximate surface area is 664 Å². The van der Waals surface area contributed by atoms with Crippen molar-refractivity contribution in [3.05, 3.63) is 0 Å². The zero-order valence-corrected chi connectivity index (χ0v) is 73.1. The summed E-state index contributed by atoms with van der Waals surface area (Å²) in [6.07, 6.45) is 70.8. The summed E-state index contributed by atoms with van der Waals surface area (Å²) in [6, 6.07) is 0. The number of carbonyl (C=O) groups excluding carboxylic acids is 4. The highest BCUT2D eigenvalue weighted by atomic mass is 31.2. The molecule has 19 heteroatoms. The van der Waals surface area contributed by atoms with E-state index in [2.05, 4.69) is 48.5 Å². The van der Waals surface area contributed by atoms with Crippen LogP contribution in [0.3, 0.4) is 0 Å². The number of esters is 4. The summed E-state index contributed by atoms with van der Waals surface area (Å²) in [4.78, 5) is 73.3. The Morgan fingerprint density at radius 1 is 0.259 bits per heavy atom. The highest BCUT2D eigenvalue weighted by Gasteiger charge is 2.31. The molecule has 108 heavy (non-hydrogen) atoms. The molecule has 0 saturated carbocycles. The van der Waals surface area contributed by atoms with Crippen LogP contribution in [-0.4, -0.2) is 96.7 Å². The molecular formula is C89H174O17P2. The second-order valence-electron chi connectivity index (χ2n) is 32.7. The van der Waals surface area contributed by atoms with Crippen molar-refractivity contribution in [2.45, 2.75) is 491 Å². The summed E-state index contributed by atoms with van der Waals surface area (Å²) in [6.45, 7) is 12.1. The second kappa shape index (κ2) is 78.9. The van der Waals surface area contributed by atoms with Crippen molar-refractivity contribution >= 4 is 39.5 Å². The van der Waals surface area contributed by atoms with Crippen LogP contribution < -0.4 is 0 Å². The van der Waals surface area contributed by atoms with Gasteiger partial charge in [0.1, 0.15) is 19.3 Å². The van der Waals surface area contributed by atoms with Gasteiger partial charge >= 0.3 is 39.5 Å². The van der Waals surface area contributed by atoms with E-state index in [1.165, 1.54) is 283 Å². The van der Waals surface area contributed by atoms with Crippen molar-refractivity contribution in [2.24, 2.45) is 17.8 Å². The number of carbonyl (C=O) groups is 4. The maximum Gasteiger partial charge on any atom is 0.472 e. The van der Waals surface area contributed by atoms with E-state index in [1.54, 1.807) is 0 Å². The lowest BCUT2D eigenvalue weighted by Gasteiger charge is -2.21. The highest BCUT2D eigenvalue weighted by Crippen LogP contribution is 2.45. The standard InChI is InChI=1S/C89H174O17P2/c1-8-12-13-14-15-16-17-36-41-49-56-63-70-86(91)100-77-85(106-89(94)73-66-59-52-45-44-48-55-62-69-82(7)11-4)79-104-108(97,98)102-75-83(90)74-101-107(95,96)103-78-84(105-88(93)72-65-58-51-43-38-33-29-25-21-19-23-27-31-35-40-47-54-61-68-81(6)10-3)76-99-87(92)71-64-57-50-42-37-32-28-24-20-18-22-26-30-34-39-46-53-60-67-80(5)9-2/h80-85,90H,8-79H2,1-7H3,(H,95,96)(H,97,98)/t80?,81?,82?,83-,84-,85-/m1/s1. The van der Waals surface area contributed by atoms with Crippen LogP contribution in [0.4, 0.5) is 0 Å². The molecule has 0 fully saturated rings. The fraction of sp³-hybridized carbons (Fsp3) is 0.955. The maximum atomic E-state index is 13.2. The molecule has 0 spiro atoms. The van der Waals surface area contributed by atoms with Crippen molar-refractivity contribution in [3.63, 3.8) is 0 Å². The molecule has 0 bridgehead atoms. The van der Waals surface area contributed by atoms with Gasteiger partial charge < -0.3 is 33.8 Å². The number of unbranched alkanes of at least 4 members (excludes halogenated alkanes) is 52. The molecule has 5 unspecified atom stereocenters. The lowest BCUT2D eigenvalue weighted by molar-refractivity contribution is -0.161. The zero-order valence-electron chi connectivity index (χ0n) is 71.3. The van der Waals surface area contributed by atoms with Crippen LogP contribution in [0.5, 0.6) is 0 Å². The number of rotatable bonds is 87. The SMILES string of the molecule is CCCCCCCCCCCCCCC(=O)OC[C@H](COP(=O)(O)OC[C@H](O)COP(=O)(O)OC[C@@H](COC(=O)CCCCCCCCCCCCCCCCCCCCC(C)CC)OC(=O)CCCCCCCCCCCCCCCCCCCCC(C)CC)OC(=O)CCCCCCCCCCC(C)CC. The van der Waals surface area contributed by atoms with Gasteiger partial charge in [0.15, 0.2) is 12.2 Å². The minimum atomic E-state index is -4.97. The van der Waals surface area contributed by atoms with Gasteiger partial charge in [0.25, 0.3) is 0 Å². The van der Waals surface area contributed by atoms with Gasteiger partial charge in [-0.1, -0.05) is 421 Å². The van der Waals surface area contributed by atoms with Gasteiger partial charge in [-0.25, -0.2) is 9.13 Å². The molecule has 17 nitrogen and oxygen atoms in total. The Kier molecular flexibility index (Phi) is 77.5. The largest absolute Gasteiger partial charge is 0.472 e. The van der Waals surface area contributed by atoms with Crippen LogP contribution in [0.1, 0.15) is 472 Å². The maximum absolute atomic E-state index is 13.2. The molecule has 3 N–H and O–H groups in total. The van der Waals surface area contributed by atoms with Gasteiger partial charge in [0, 0.05) is 25.7 Å². The Balaban J connectivity index is 5.22. The number of phosphoric ester groups is 2. The summed E-state index contributed by atoms with van der Waals surface area (Å²) in [5.41, 5.74) is 0. The lowest BCUT2D eigenvalue weighted by atomic mass is 9.99. The average molecular weight is 1580 g/mol. The number of aliphatic hydroxyl groups excluding tert-OH is 1. The first-order valence-electron chi connectivity index (χ1n) is 46.0. The van der Waals surface area contributed by atoms with Gasteiger partial charge in [-0.2, -0.15) is 0 Å². The molecule has 642 valence electrons. The van der Waals surface area contributed by atoms with Crippen molar-refractivity contribution < 1.29 is 80.2 Å². The molecule has 0 aliphatic heterocycles. The first-order valence-corrected chi connectivity index (χ1v) is 49.0. The van der Waals surface area contributed by atoms with Gasteiger partial charge in [0.05, 0.1) is 26.4 Å². The number of ether oxygens (including phenoxy) is 4. The third-order valence-electron chi connectivity index (χ3n) is 22.0. The van der Waals surface area contributed by atoms with Crippen LogP contribution in [0.15, 0.2) is 0 Å². The van der Waals surface area contributed by atoms with E-state index >= 15 is 0 Å². The van der Waals surface area contributed by atoms with Gasteiger partial charge in [-0.3, -0.25) is 37.3 Å². The third-order valence-corrected chi connectivity index (χ3v) is 23.9. The van der Waals surface area contributed by atoms with Gasteiger partial charge in [-0.05, 0) is 43.4 Å². The van der Waals surface area contributed by atoms with E-state index in [9.17, 15) is 43.2 Å². The minimum Gasteiger partial charge on any atom is -0.462 e.